The highest BCUT2D eigenvalue weighted by Gasteiger charge is 2.75. The highest BCUT2D eigenvalue weighted by atomic mass is 16.7. The van der Waals surface area contributed by atoms with Gasteiger partial charge in [0, 0.05) is 28.9 Å². The molecule has 0 bridgehead atoms. The number of carbonyl (C=O) groups is 3. The summed E-state index contributed by atoms with van der Waals surface area (Å²) in [6.45, 7) is 7.95. The van der Waals surface area contributed by atoms with E-state index in [0.717, 1.165) is 24.8 Å². The summed E-state index contributed by atoms with van der Waals surface area (Å²) in [4.78, 5) is 38.2. The van der Waals surface area contributed by atoms with Crippen molar-refractivity contribution in [1.29, 1.82) is 0 Å². The van der Waals surface area contributed by atoms with Crippen LogP contribution in [0.15, 0.2) is 48.1 Å². The Labute approximate surface area is 247 Å². The normalized spacial score (nSPS) is 39.9. The van der Waals surface area contributed by atoms with Gasteiger partial charge >= 0.3 is 0 Å². The Kier molecular flexibility index (Phi) is 7.47. The van der Waals surface area contributed by atoms with Gasteiger partial charge in [-0.25, -0.2) is 0 Å². The summed E-state index contributed by atoms with van der Waals surface area (Å²) < 4.78 is 19.2. The summed E-state index contributed by atoms with van der Waals surface area (Å²) in [7, 11) is 0. The minimum atomic E-state index is -1.21. The number of rotatable bonds is 8. The molecular formula is C34H43NO7. The zero-order valence-corrected chi connectivity index (χ0v) is 25.1. The number of carbonyl (C=O) groups excluding carboxylic acids is 3. The lowest BCUT2D eigenvalue weighted by atomic mass is 9.46. The fourth-order valence-electron chi connectivity index (χ4n) is 9.15. The third-order valence-corrected chi connectivity index (χ3v) is 11.1. The van der Waals surface area contributed by atoms with Crippen LogP contribution in [-0.4, -0.2) is 53.3 Å². The molecule has 1 amide bonds. The van der Waals surface area contributed by atoms with Crippen LogP contribution < -0.4 is 10.1 Å². The maximum Gasteiger partial charge on any atom is 0.224 e. The van der Waals surface area contributed by atoms with Gasteiger partial charge in [0.2, 0.25) is 11.7 Å². The van der Waals surface area contributed by atoms with Gasteiger partial charge in [0.05, 0.1) is 12.2 Å². The molecule has 1 aromatic carbocycles. The van der Waals surface area contributed by atoms with Gasteiger partial charge < -0.3 is 24.6 Å². The molecular weight excluding hydrogens is 534 g/mol. The number of benzene rings is 1. The summed E-state index contributed by atoms with van der Waals surface area (Å²) in [6, 6.07) is 6.99. The Morgan fingerprint density at radius 2 is 1.93 bits per heavy atom. The van der Waals surface area contributed by atoms with Crippen molar-refractivity contribution in [3.8, 4) is 5.75 Å². The average Bonchev–Trinajstić information content (AvgIpc) is 3.44. The summed E-state index contributed by atoms with van der Waals surface area (Å²) in [6.07, 6.45) is 8.58. The SMILES string of the molecule is CCCC1OC2CC3C4CCC5=CC(=O)C=CC5(C)C4C(O)CC3(C)C2(C(=O)COc2ccc(NC(=O)CC)cc2)O1. The molecule has 1 saturated heterocycles. The number of hydrogen-bond donors (Lipinski definition) is 2. The van der Waals surface area contributed by atoms with Crippen LogP contribution in [-0.2, 0) is 23.9 Å². The second-order valence-corrected chi connectivity index (χ2v) is 13.3. The molecule has 0 radical (unpaired) electrons. The summed E-state index contributed by atoms with van der Waals surface area (Å²) >= 11 is 0. The average molecular weight is 578 g/mol. The zero-order chi connectivity index (χ0) is 29.9. The first-order chi connectivity index (χ1) is 20.1. The van der Waals surface area contributed by atoms with E-state index < -0.39 is 29.5 Å². The molecule has 6 rings (SSSR count). The largest absolute Gasteiger partial charge is 0.486 e. The number of amides is 1. The van der Waals surface area contributed by atoms with Crippen molar-refractivity contribution < 1.29 is 33.7 Å². The maximum absolute atomic E-state index is 14.4. The van der Waals surface area contributed by atoms with Gasteiger partial charge in [-0.1, -0.05) is 45.8 Å². The van der Waals surface area contributed by atoms with Crippen molar-refractivity contribution in [3.05, 3.63) is 48.1 Å². The van der Waals surface area contributed by atoms with Crippen molar-refractivity contribution in [2.24, 2.45) is 28.6 Å². The lowest BCUT2D eigenvalue weighted by molar-refractivity contribution is -0.200. The first kappa shape index (κ1) is 29.3. The molecule has 8 nitrogen and oxygen atoms in total. The van der Waals surface area contributed by atoms with Crippen molar-refractivity contribution in [3.63, 3.8) is 0 Å². The van der Waals surface area contributed by atoms with Crippen LogP contribution in [0.2, 0.25) is 0 Å². The lowest BCUT2D eigenvalue weighted by Gasteiger charge is -2.59. The second-order valence-electron chi connectivity index (χ2n) is 13.3. The molecule has 5 aliphatic rings. The molecule has 4 fully saturated rings. The van der Waals surface area contributed by atoms with Gasteiger partial charge in [0.15, 0.2) is 17.7 Å². The van der Waals surface area contributed by atoms with E-state index in [1.54, 1.807) is 43.3 Å². The van der Waals surface area contributed by atoms with Gasteiger partial charge in [-0.2, -0.15) is 0 Å². The van der Waals surface area contributed by atoms with E-state index in [1.165, 1.54) is 0 Å². The van der Waals surface area contributed by atoms with Gasteiger partial charge in [-0.05, 0) is 80.4 Å². The number of aliphatic hydroxyl groups excluding tert-OH is 1. The van der Waals surface area contributed by atoms with Gasteiger partial charge in [-0.3, -0.25) is 14.4 Å². The number of hydrogen-bond acceptors (Lipinski definition) is 7. The van der Waals surface area contributed by atoms with Crippen LogP contribution in [0.1, 0.15) is 72.6 Å². The van der Waals surface area contributed by atoms with E-state index >= 15 is 0 Å². The molecule has 0 spiro atoms. The van der Waals surface area contributed by atoms with Crippen LogP contribution >= 0.6 is 0 Å². The number of fused-ring (bicyclic) bond motifs is 7. The quantitative estimate of drug-likeness (QED) is 0.440. The van der Waals surface area contributed by atoms with Crippen LogP contribution in [0, 0.1) is 28.6 Å². The molecule has 0 aromatic heterocycles. The standard InChI is InChI=1S/C34H43NO7/c1-5-7-30-41-28-17-25-24-13-8-20-16-22(36)14-15-32(20,3)31(24)26(37)18-33(25,4)34(28,42-30)27(38)19-40-23-11-9-21(10-12-23)35-29(39)6-2/h9-12,14-16,24-26,28,30-31,37H,5-8,13,17-19H2,1-4H3,(H,35,39). The molecule has 9 unspecified atom stereocenters. The van der Waals surface area contributed by atoms with Crippen LogP contribution in [0.4, 0.5) is 5.69 Å². The Balaban J connectivity index is 1.27. The van der Waals surface area contributed by atoms with Gasteiger partial charge in [0.25, 0.3) is 0 Å². The maximum atomic E-state index is 14.4. The van der Waals surface area contributed by atoms with Crippen LogP contribution in [0.25, 0.3) is 0 Å². The fraction of sp³-hybridized carbons (Fsp3) is 0.618. The van der Waals surface area contributed by atoms with E-state index in [2.05, 4.69) is 26.1 Å². The summed E-state index contributed by atoms with van der Waals surface area (Å²) in [5, 5.41) is 14.7. The van der Waals surface area contributed by atoms with Crippen LogP contribution in [0.3, 0.4) is 0 Å². The fourth-order valence-corrected chi connectivity index (χ4v) is 9.15. The van der Waals surface area contributed by atoms with Crippen molar-refractivity contribution in [1.82, 2.24) is 0 Å². The number of nitrogens with one attached hydrogen (secondary N) is 1. The van der Waals surface area contributed by atoms with E-state index in [4.69, 9.17) is 14.2 Å². The first-order valence-corrected chi connectivity index (χ1v) is 15.6. The second kappa shape index (κ2) is 10.7. The third-order valence-electron chi connectivity index (χ3n) is 11.1. The van der Waals surface area contributed by atoms with Crippen molar-refractivity contribution >= 4 is 23.2 Å². The van der Waals surface area contributed by atoms with Gasteiger partial charge in [-0.15, -0.1) is 0 Å². The number of allylic oxidation sites excluding steroid dienone is 4. The summed E-state index contributed by atoms with van der Waals surface area (Å²) in [5.74, 6) is 0.552. The minimum Gasteiger partial charge on any atom is -0.486 e. The number of ether oxygens (including phenoxy) is 3. The molecule has 226 valence electrons. The molecule has 1 aliphatic heterocycles. The smallest absolute Gasteiger partial charge is 0.224 e. The van der Waals surface area contributed by atoms with Gasteiger partial charge in [0.1, 0.15) is 12.4 Å². The molecule has 1 heterocycles. The highest BCUT2D eigenvalue weighted by Crippen LogP contribution is 2.69. The van der Waals surface area contributed by atoms with E-state index in [0.29, 0.717) is 37.1 Å². The van der Waals surface area contributed by atoms with E-state index in [1.807, 2.05) is 6.08 Å². The minimum absolute atomic E-state index is 0.0140. The lowest BCUT2D eigenvalue weighted by Crippen LogP contribution is -2.63. The third kappa shape index (κ3) is 4.40. The molecule has 9 atom stereocenters. The first-order valence-electron chi connectivity index (χ1n) is 15.6. The molecule has 2 N–H and O–H groups in total. The Morgan fingerprint density at radius 1 is 1.17 bits per heavy atom. The number of Topliss-reactive ketones (excluding diaryl/α,β-unsaturated/α-hetero) is 1. The topological polar surface area (TPSA) is 111 Å². The number of ketones is 2. The molecule has 1 aromatic rings. The van der Waals surface area contributed by atoms with Crippen LogP contribution in [0.5, 0.6) is 5.75 Å². The van der Waals surface area contributed by atoms with E-state index in [9.17, 15) is 19.5 Å². The zero-order valence-electron chi connectivity index (χ0n) is 25.1. The highest BCUT2D eigenvalue weighted by molar-refractivity contribution is 6.01. The van der Waals surface area contributed by atoms with Crippen molar-refractivity contribution in [2.75, 3.05) is 11.9 Å². The Hall–Kier alpha value is -2.81. The molecule has 4 aliphatic carbocycles. The predicted octanol–water partition coefficient (Wildman–Crippen LogP) is 5.15. The Morgan fingerprint density at radius 3 is 2.64 bits per heavy atom. The predicted molar refractivity (Wildman–Crippen MR) is 157 cm³/mol. The molecule has 8 heteroatoms. The molecule has 3 saturated carbocycles. The number of aliphatic hydroxyl groups is 1. The summed E-state index contributed by atoms with van der Waals surface area (Å²) in [5.41, 5.74) is -0.464. The van der Waals surface area contributed by atoms with E-state index in [-0.39, 0.29) is 47.2 Å². The number of anilines is 1. The van der Waals surface area contributed by atoms with Crippen molar-refractivity contribution in [2.45, 2.75) is 96.7 Å². The Bertz CT molecular complexity index is 1320. The monoisotopic (exact) mass is 577 g/mol. The molecule has 42 heavy (non-hydrogen) atoms.